The van der Waals surface area contributed by atoms with Crippen molar-refractivity contribution in [2.24, 2.45) is 5.92 Å². The number of aliphatic hydroxyl groups is 1. The highest BCUT2D eigenvalue weighted by atomic mass is 35.5. The third-order valence-electron chi connectivity index (χ3n) is 6.08. The average molecular weight is 464 g/mol. The lowest BCUT2D eigenvalue weighted by molar-refractivity contribution is 0.248. The molecule has 0 bridgehead atoms. The second kappa shape index (κ2) is 9.40. The molecule has 1 aromatic carbocycles. The van der Waals surface area contributed by atoms with Crippen molar-refractivity contribution in [2.45, 2.75) is 44.2 Å². The Kier molecular flexibility index (Phi) is 6.81. The normalized spacial score (nSPS) is 22.0. The van der Waals surface area contributed by atoms with Crippen LogP contribution in [0.3, 0.4) is 0 Å². The van der Waals surface area contributed by atoms with E-state index in [-0.39, 0.29) is 24.6 Å². The fraction of sp³-hybridized carbons (Fsp3) is 0.545. The number of rotatable bonds is 6. The van der Waals surface area contributed by atoms with Crippen molar-refractivity contribution in [1.29, 1.82) is 0 Å². The van der Waals surface area contributed by atoms with Gasteiger partial charge in [-0.05, 0) is 48.3 Å². The molecule has 31 heavy (non-hydrogen) atoms. The summed E-state index contributed by atoms with van der Waals surface area (Å²) >= 11 is 4.93. The van der Waals surface area contributed by atoms with Crippen LogP contribution in [0.2, 0.25) is 5.02 Å². The van der Waals surface area contributed by atoms with Gasteiger partial charge in [0.05, 0.1) is 12.6 Å². The molecular formula is C22H30ClN5O2S. The fourth-order valence-corrected chi connectivity index (χ4v) is 5.59. The first-order valence-corrected chi connectivity index (χ1v) is 12.5. The van der Waals surface area contributed by atoms with Crippen LogP contribution in [0.15, 0.2) is 29.2 Å². The van der Waals surface area contributed by atoms with E-state index in [1.165, 1.54) is 0 Å². The highest BCUT2D eigenvalue weighted by molar-refractivity contribution is 7.91. The second-order valence-electron chi connectivity index (χ2n) is 8.59. The lowest BCUT2D eigenvalue weighted by Gasteiger charge is -2.41. The molecule has 2 aliphatic heterocycles. The molecule has 1 fully saturated rings. The number of aryl methyl sites for hydroxylation is 1. The summed E-state index contributed by atoms with van der Waals surface area (Å²) in [6, 6.07) is 8.00. The number of aromatic nitrogens is 2. The zero-order chi connectivity index (χ0) is 22.1. The number of hydrogen-bond donors (Lipinski definition) is 2. The Morgan fingerprint density at radius 2 is 2.00 bits per heavy atom. The summed E-state index contributed by atoms with van der Waals surface area (Å²) in [4.78, 5) is 14.9. The molecule has 1 unspecified atom stereocenters. The predicted molar refractivity (Wildman–Crippen MR) is 127 cm³/mol. The molecule has 2 N–H and O–H groups in total. The van der Waals surface area contributed by atoms with Gasteiger partial charge in [-0.2, -0.15) is 4.98 Å². The van der Waals surface area contributed by atoms with Gasteiger partial charge in [-0.25, -0.2) is 4.98 Å². The molecular weight excluding hydrogens is 434 g/mol. The Bertz CT molecular complexity index is 914. The molecule has 2 aliphatic rings. The molecule has 3 heterocycles. The van der Waals surface area contributed by atoms with Gasteiger partial charge in [0, 0.05) is 42.8 Å². The van der Waals surface area contributed by atoms with Crippen LogP contribution in [0.5, 0.6) is 0 Å². The number of anilines is 3. The molecule has 3 atom stereocenters. The van der Waals surface area contributed by atoms with E-state index in [0.29, 0.717) is 28.8 Å². The van der Waals surface area contributed by atoms with Crippen LogP contribution in [0.1, 0.15) is 26.5 Å². The van der Waals surface area contributed by atoms with Gasteiger partial charge in [0.25, 0.3) is 0 Å². The lowest BCUT2D eigenvalue weighted by Crippen LogP contribution is -2.52. The standard InChI is InChI=1S/C22H30ClN5O2S/c1-14(2)19(13-29)24-21-20-18(8-11-31(20)30)25-22(26-21)28-10-9-27(12-15(28)3)17-6-4-16(23)5-7-17/h4-7,14-15,19,29H,8-13H2,1-3H3,(H,24,25,26)/t15-,19-,31?/m0/s1. The number of hydrogen-bond acceptors (Lipinski definition) is 7. The molecule has 0 spiro atoms. The van der Waals surface area contributed by atoms with Crippen molar-refractivity contribution in [2.75, 3.05) is 47.1 Å². The molecule has 0 radical (unpaired) electrons. The largest absolute Gasteiger partial charge is 0.611 e. The molecule has 1 saturated heterocycles. The number of aliphatic hydroxyl groups excluding tert-OH is 1. The number of nitrogens with one attached hydrogen (secondary N) is 1. The monoisotopic (exact) mass is 463 g/mol. The minimum atomic E-state index is -1.10. The maximum Gasteiger partial charge on any atom is 0.228 e. The van der Waals surface area contributed by atoms with Gasteiger partial charge in [0.1, 0.15) is 11.4 Å². The number of piperazine rings is 1. The molecule has 0 saturated carbocycles. The third-order valence-corrected chi connectivity index (χ3v) is 7.79. The van der Waals surface area contributed by atoms with Crippen molar-refractivity contribution in [1.82, 2.24) is 9.97 Å². The van der Waals surface area contributed by atoms with E-state index >= 15 is 0 Å². The number of nitrogens with zero attached hydrogens (tertiary/aromatic N) is 4. The van der Waals surface area contributed by atoms with Gasteiger partial charge >= 0.3 is 0 Å². The van der Waals surface area contributed by atoms with Crippen molar-refractivity contribution < 1.29 is 9.66 Å². The van der Waals surface area contributed by atoms with E-state index in [4.69, 9.17) is 21.6 Å². The molecule has 7 nitrogen and oxygen atoms in total. The first kappa shape index (κ1) is 22.5. The summed E-state index contributed by atoms with van der Waals surface area (Å²) < 4.78 is 12.6. The molecule has 168 valence electrons. The van der Waals surface area contributed by atoms with Gasteiger partial charge in [0.15, 0.2) is 5.82 Å². The van der Waals surface area contributed by atoms with Crippen LogP contribution in [-0.4, -0.2) is 63.7 Å². The summed E-state index contributed by atoms with van der Waals surface area (Å²) in [7, 11) is 0. The molecule has 4 rings (SSSR count). The van der Waals surface area contributed by atoms with Crippen molar-refractivity contribution in [3.8, 4) is 0 Å². The van der Waals surface area contributed by atoms with Crippen LogP contribution in [0.25, 0.3) is 0 Å². The van der Waals surface area contributed by atoms with Gasteiger partial charge in [0.2, 0.25) is 10.8 Å². The lowest BCUT2D eigenvalue weighted by atomic mass is 10.1. The minimum Gasteiger partial charge on any atom is -0.611 e. The maximum atomic E-state index is 12.6. The summed E-state index contributed by atoms with van der Waals surface area (Å²) in [5.74, 6) is 2.07. The van der Waals surface area contributed by atoms with E-state index in [2.05, 4.69) is 34.2 Å². The Labute approximate surface area is 192 Å². The first-order chi connectivity index (χ1) is 14.9. The van der Waals surface area contributed by atoms with Crippen LogP contribution in [0, 0.1) is 5.92 Å². The summed E-state index contributed by atoms with van der Waals surface area (Å²) in [5.41, 5.74) is 2.02. The third kappa shape index (κ3) is 4.72. The van der Waals surface area contributed by atoms with Gasteiger partial charge in [-0.1, -0.05) is 25.4 Å². The van der Waals surface area contributed by atoms with Gasteiger partial charge in [-0.3, -0.25) is 0 Å². The Morgan fingerprint density at radius 3 is 2.65 bits per heavy atom. The molecule has 0 amide bonds. The van der Waals surface area contributed by atoms with Crippen LogP contribution in [0.4, 0.5) is 17.5 Å². The maximum absolute atomic E-state index is 12.6. The van der Waals surface area contributed by atoms with E-state index in [1.807, 2.05) is 26.0 Å². The molecule has 2 aromatic rings. The second-order valence-corrected chi connectivity index (χ2v) is 10.5. The topological polar surface area (TPSA) is 87.6 Å². The zero-order valence-electron chi connectivity index (χ0n) is 18.2. The summed E-state index contributed by atoms with van der Waals surface area (Å²) in [6.07, 6.45) is 0.691. The van der Waals surface area contributed by atoms with Crippen LogP contribution in [-0.2, 0) is 17.6 Å². The predicted octanol–water partition coefficient (Wildman–Crippen LogP) is 2.94. The fourth-order valence-electron chi connectivity index (χ4n) is 4.15. The minimum absolute atomic E-state index is 0.00538. The quantitative estimate of drug-likeness (QED) is 0.637. The number of halogens is 1. The summed E-state index contributed by atoms with van der Waals surface area (Å²) in [5, 5.41) is 13.9. The highest BCUT2D eigenvalue weighted by Crippen LogP contribution is 2.34. The van der Waals surface area contributed by atoms with Gasteiger partial charge < -0.3 is 24.8 Å². The van der Waals surface area contributed by atoms with Crippen molar-refractivity contribution in [3.63, 3.8) is 0 Å². The van der Waals surface area contributed by atoms with E-state index in [0.717, 1.165) is 36.0 Å². The first-order valence-electron chi connectivity index (χ1n) is 10.8. The highest BCUT2D eigenvalue weighted by Gasteiger charge is 2.35. The summed E-state index contributed by atoms with van der Waals surface area (Å²) in [6.45, 7) is 8.76. The van der Waals surface area contributed by atoms with Crippen molar-refractivity contribution in [3.05, 3.63) is 35.0 Å². The number of benzene rings is 1. The van der Waals surface area contributed by atoms with Crippen LogP contribution < -0.4 is 15.1 Å². The molecule has 1 aromatic heterocycles. The molecule has 0 aliphatic carbocycles. The smallest absolute Gasteiger partial charge is 0.228 e. The van der Waals surface area contributed by atoms with Gasteiger partial charge in [-0.15, -0.1) is 0 Å². The van der Waals surface area contributed by atoms with Crippen molar-refractivity contribution >= 4 is 40.2 Å². The van der Waals surface area contributed by atoms with E-state index in [9.17, 15) is 9.66 Å². The van der Waals surface area contributed by atoms with E-state index in [1.54, 1.807) is 0 Å². The van der Waals surface area contributed by atoms with Crippen LogP contribution >= 0.6 is 11.6 Å². The Hall–Kier alpha value is -1.74. The average Bonchev–Trinajstić information content (AvgIpc) is 3.13. The Morgan fingerprint density at radius 1 is 1.26 bits per heavy atom. The van der Waals surface area contributed by atoms with E-state index < -0.39 is 11.2 Å². The number of fused-ring (bicyclic) bond motifs is 1. The SMILES string of the molecule is CC(C)[C@H](CO)Nc1nc(N2CCN(c3ccc(Cl)cc3)C[C@@H]2C)nc2c1[S+]([O-])CC2. The molecule has 9 heteroatoms. The zero-order valence-corrected chi connectivity index (χ0v) is 19.8. The Balaban J connectivity index is 1.58.